The number of nitrogens with zero attached hydrogens (tertiary/aromatic N) is 3. The molecule has 238 valence electrons. The number of aliphatic imine (C=N–C) groups is 1. The Kier molecular flexibility index (Phi) is 12.4. The quantitative estimate of drug-likeness (QED) is 0.151. The lowest BCUT2D eigenvalue weighted by molar-refractivity contribution is 1.17. The van der Waals surface area contributed by atoms with Gasteiger partial charge >= 0.3 is 0 Å². The van der Waals surface area contributed by atoms with Crippen molar-refractivity contribution < 1.29 is 0 Å². The lowest BCUT2D eigenvalue weighted by Gasteiger charge is -2.16. The molecule has 0 fully saturated rings. The van der Waals surface area contributed by atoms with Gasteiger partial charge in [0.2, 0.25) is 0 Å². The highest BCUT2D eigenvalue weighted by atomic mass is 32.1. The fraction of sp³-hybridized carbons (Fsp3) is 0.0238. The van der Waals surface area contributed by atoms with Crippen LogP contribution in [-0.2, 0) is 0 Å². The van der Waals surface area contributed by atoms with Crippen molar-refractivity contribution in [3.8, 4) is 0 Å². The number of aryl methyl sites for hydroxylation is 1. The predicted molar refractivity (Wildman–Crippen MR) is 209 cm³/mol. The van der Waals surface area contributed by atoms with E-state index >= 15 is 0 Å². The molecule has 2 heterocycles. The summed E-state index contributed by atoms with van der Waals surface area (Å²) in [5.41, 5.74) is 14.6. The number of benzene rings is 4. The van der Waals surface area contributed by atoms with Crippen molar-refractivity contribution in [2.45, 2.75) is 6.92 Å². The van der Waals surface area contributed by atoms with Crippen molar-refractivity contribution in [2.24, 2.45) is 10.7 Å². The van der Waals surface area contributed by atoms with Crippen LogP contribution >= 0.6 is 13.5 Å². The molecule has 0 unspecified atom stereocenters. The Hall–Kier alpha value is -5.98. The number of hydrogen-bond acceptors (Lipinski definition) is 3. The third-order valence-corrected chi connectivity index (χ3v) is 7.47. The molecule has 0 atom stereocenters. The summed E-state index contributed by atoms with van der Waals surface area (Å²) in [6.45, 7) is 10.8. The molecule has 48 heavy (non-hydrogen) atoms. The van der Waals surface area contributed by atoms with Gasteiger partial charge in [-0.05, 0) is 70.7 Å². The molecular weight excluding hydrogens is 607 g/mol. The molecule has 5 aromatic rings. The third-order valence-electron chi connectivity index (χ3n) is 7.47. The number of nitrogens with two attached hydrogens (primary N) is 1. The summed E-state index contributed by atoms with van der Waals surface area (Å²) < 4.78 is 0. The second-order valence-electron chi connectivity index (χ2n) is 10.9. The Labute approximate surface area is 290 Å². The second kappa shape index (κ2) is 17.1. The van der Waals surface area contributed by atoms with Gasteiger partial charge in [0.05, 0.1) is 0 Å². The first-order chi connectivity index (χ1) is 22.9. The van der Waals surface area contributed by atoms with E-state index in [0.29, 0.717) is 11.4 Å². The average Bonchev–Trinajstić information content (AvgIpc) is 3.14. The first kappa shape index (κ1) is 34.9. The minimum atomic E-state index is 0. The number of pyridine rings is 1. The zero-order valence-corrected chi connectivity index (χ0v) is 27.9. The van der Waals surface area contributed by atoms with Gasteiger partial charge in [0.25, 0.3) is 0 Å². The summed E-state index contributed by atoms with van der Waals surface area (Å²) in [5, 5.41) is 8.60. The van der Waals surface area contributed by atoms with E-state index < -0.39 is 0 Å². The molecule has 1 aromatic heterocycles. The molecule has 3 N–H and O–H groups in total. The van der Waals surface area contributed by atoms with E-state index in [1.54, 1.807) is 12.3 Å². The first-order valence-electron chi connectivity index (χ1n) is 15.2. The highest BCUT2D eigenvalue weighted by molar-refractivity contribution is 7.59. The molecule has 6 rings (SSSR count). The molecule has 1 aliphatic heterocycles. The summed E-state index contributed by atoms with van der Waals surface area (Å²) in [4.78, 5) is 10.9. The van der Waals surface area contributed by atoms with Gasteiger partial charge in [0, 0.05) is 29.7 Å². The summed E-state index contributed by atoms with van der Waals surface area (Å²) in [7, 11) is 0. The van der Waals surface area contributed by atoms with Crippen LogP contribution in [0.4, 0.5) is 5.82 Å². The van der Waals surface area contributed by atoms with Crippen LogP contribution < -0.4 is 10.6 Å². The summed E-state index contributed by atoms with van der Waals surface area (Å²) in [6, 6.07) is 41.5. The summed E-state index contributed by atoms with van der Waals surface area (Å²) in [6.07, 6.45) is 11.7. The lowest BCUT2D eigenvalue weighted by Crippen LogP contribution is -2.16. The highest BCUT2D eigenvalue weighted by Crippen LogP contribution is 2.30. The number of fused-ring (bicyclic) bond motifs is 1. The Morgan fingerprint density at radius 1 is 0.750 bits per heavy atom. The normalized spacial score (nSPS) is 15.2. The van der Waals surface area contributed by atoms with Gasteiger partial charge in [-0.1, -0.05) is 134 Å². The van der Waals surface area contributed by atoms with Crippen molar-refractivity contribution in [1.29, 1.82) is 5.41 Å². The molecule has 0 amide bonds. The smallest absolute Gasteiger partial charge is 0.154 e. The molecule has 6 heteroatoms. The SMILES string of the molecule is C=C1/C=C(c2ccccc2)\C=C/N(c2cc(C(=N)N=C(N)c3ccccc3)ccn2)/C=C\c2ccccc2C1=C.Cc1ccccc1.S. The number of anilines is 1. The number of nitrogens with one attached hydrogen (secondary N) is 1. The average molecular weight is 646 g/mol. The van der Waals surface area contributed by atoms with Crippen molar-refractivity contribution >= 4 is 48.2 Å². The molecule has 5 nitrogen and oxygen atoms in total. The van der Waals surface area contributed by atoms with Crippen molar-refractivity contribution in [3.05, 3.63) is 210 Å². The van der Waals surface area contributed by atoms with Crippen LogP contribution in [0.15, 0.2) is 182 Å². The molecule has 4 aromatic carbocycles. The Morgan fingerprint density at radius 3 is 2.02 bits per heavy atom. The topological polar surface area (TPSA) is 78.4 Å². The molecule has 0 aliphatic carbocycles. The van der Waals surface area contributed by atoms with E-state index in [2.05, 4.69) is 60.4 Å². The fourth-order valence-electron chi connectivity index (χ4n) is 4.85. The second-order valence-corrected chi connectivity index (χ2v) is 10.9. The van der Waals surface area contributed by atoms with Gasteiger partial charge in [0.15, 0.2) is 5.84 Å². The lowest BCUT2D eigenvalue weighted by atomic mass is 9.93. The van der Waals surface area contributed by atoms with Crippen molar-refractivity contribution in [3.63, 3.8) is 0 Å². The van der Waals surface area contributed by atoms with E-state index in [1.807, 2.05) is 127 Å². The summed E-state index contributed by atoms with van der Waals surface area (Å²) >= 11 is 0. The molecular formula is C42H39N5S. The minimum absolute atomic E-state index is 0. The number of rotatable bonds is 4. The maximum absolute atomic E-state index is 8.60. The van der Waals surface area contributed by atoms with Crippen LogP contribution in [0.2, 0.25) is 0 Å². The van der Waals surface area contributed by atoms with E-state index in [9.17, 15) is 0 Å². The molecule has 1 aliphatic rings. The molecule has 0 saturated heterocycles. The number of amidine groups is 2. The van der Waals surface area contributed by atoms with Crippen molar-refractivity contribution in [2.75, 3.05) is 4.90 Å². The Morgan fingerprint density at radius 2 is 1.35 bits per heavy atom. The van der Waals surface area contributed by atoms with Crippen LogP contribution in [0.1, 0.15) is 33.4 Å². The highest BCUT2D eigenvalue weighted by Gasteiger charge is 2.12. The summed E-state index contributed by atoms with van der Waals surface area (Å²) in [5.74, 6) is 0.970. The van der Waals surface area contributed by atoms with Crippen LogP contribution in [0.3, 0.4) is 0 Å². The number of allylic oxidation sites excluding steroid dienone is 5. The predicted octanol–water partition coefficient (Wildman–Crippen LogP) is 9.58. The largest absolute Gasteiger partial charge is 0.383 e. The van der Waals surface area contributed by atoms with Crippen LogP contribution in [0.5, 0.6) is 0 Å². The Bertz CT molecular complexity index is 1990. The zero-order valence-electron chi connectivity index (χ0n) is 26.9. The van der Waals surface area contributed by atoms with E-state index in [-0.39, 0.29) is 25.2 Å². The Balaban J connectivity index is 0.000000578. The maximum atomic E-state index is 8.60. The molecule has 0 spiro atoms. The monoisotopic (exact) mass is 645 g/mol. The van der Waals surface area contributed by atoms with Gasteiger partial charge in [-0.2, -0.15) is 13.5 Å². The van der Waals surface area contributed by atoms with Crippen LogP contribution in [0, 0.1) is 12.3 Å². The first-order valence-corrected chi connectivity index (χ1v) is 15.2. The third kappa shape index (κ3) is 9.28. The molecule has 0 radical (unpaired) electrons. The standard InChI is InChI=1S/C35H29N5.C7H8.H2S/c1-25-23-30(27-11-5-3-6-12-27)19-22-40(21-18-28-13-9-10-16-32(28)26(25)2)33-24-31(17-20-38-33)35(37)39-34(36)29-14-7-4-8-15-29;1-7-5-3-2-4-6-7;/h3-24H,1-2H2,(H3,36,37,39);2-6H,1H3;1H2/b21-18-,22-19-,30-23+;;. The van der Waals surface area contributed by atoms with Gasteiger partial charge in [-0.15, -0.1) is 0 Å². The fourth-order valence-corrected chi connectivity index (χ4v) is 4.85. The molecule has 0 bridgehead atoms. The maximum Gasteiger partial charge on any atom is 0.154 e. The van der Waals surface area contributed by atoms with Crippen LogP contribution in [0.25, 0.3) is 17.2 Å². The van der Waals surface area contributed by atoms with E-state index in [1.165, 1.54) is 5.56 Å². The molecule has 0 saturated carbocycles. The van der Waals surface area contributed by atoms with E-state index in [4.69, 9.17) is 11.1 Å². The van der Waals surface area contributed by atoms with E-state index in [0.717, 1.165) is 39.0 Å². The number of hydrogen-bond donors (Lipinski definition) is 2. The minimum Gasteiger partial charge on any atom is -0.383 e. The van der Waals surface area contributed by atoms with Crippen LogP contribution in [-0.4, -0.2) is 16.7 Å². The van der Waals surface area contributed by atoms with Gasteiger partial charge < -0.3 is 10.6 Å². The van der Waals surface area contributed by atoms with Crippen molar-refractivity contribution in [1.82, 2.24) is 4.98 Å². The van der Waals surface area contributed by atoms with Gasteiger partial charge in [0.1, 0.15) is 11.7 Å². The number of aromatic nitrogens is 1. The van der Waals surface area contributed by atoms with Gasteiger partial charge in [-0.25, -0.2) is 9.98 Å². The van der Waals surface area contributed by atoms with Gasteiger partial charge in [-0.3, -0.25) is 5.41 Å². The zero-order chi connectivity index (χ0) is 33.0.